The molecule has 3 atom stereocenters. The summed E-state index contributed by atoms with van der Waals surface area (Å²) in [5, 5.41) is 21.4. The van der Waals surface area contributed by atoms with Gasteiger partial charge in [0, 0.05) is 25.2 Å². The maximum atomic E-state index is 12.8. The summed E-state index contributed by atoms with van der Waals surface area (Å²) in [4.78, 5) is 50.1. The molecule has 0 aliphatic carbocycles. The highest BCUT2D eigenvalue weighted by atomic mass is 28.4. The molecule has 2 heterocycles. The number of aromatic nitrogens is 1. The van der Waals surface area contributed by atoms with Gasteiger partial charge in [0.1, 0.15) is 5.60 Å². The van der Waals surface area contributed by atoms with E-state index in [2.05, 4.69) is 53.8 Å². The zero-order valence-corrected chi connectivity index (χ0v) is 24.5. The average Bonchev–Trinajstić information content (AvgIpc) is 2.72. The van der Waals surface area contributed by atoms with Crippen LogP contribution in [0.5, 0.6) is 0 Å². The predicted octanol–water partition coefficient (Wildman–Crippen LogP) is 4.85. The number of carboxylic acid groups (broad SMARTS) is 2. The van der Waals surface area contributed by atoms with Gasteiger partial charge >= 0.3 is 18.4 Å². The van der Waals surface area contributed by atoms with Gasteiger partial charge in [0.2, 0.25) is 0 Å². The molecule has 14 heteroatoms. The first-order chi connectivity index (χ1) is 17.3. The van der Waals surface area contributed by atoms with Gasteiger partial charge in [-0.25, -0.2) is 14.4 Å². The third kappa shape index (κ3) is 8.38. The first-order valence-corrected chi connectivity index (χ1v) is 15.2. The number of nitrogens with zero attached hydrogens (tertiary/aromatic N) is 3. The van der Waals surface area contributed by atoms with Crippen molar-refractivity contribution in [2.75, 3.05) is 23.2 Å². The van der Waals surface area contributed by atoms with E-state index in [1.54, 1.807) is 26.8 Å². The Balaban J connectivity index is 2.46. The van der Waals surface area contributed by atoms with Gasteiger partial charge in [0.05, 0.1) is 24.0 Å². The fraction of sp³-hybridized carbons (Fsp3) is 0.667. The number of ether oxygens (including phenoxy) is 1. The van der Waals surface area contributed by atoms with Crippen molar-refractivity contribution in [1.82, 2.24) is 10.3 Å². The molecular weight excluding hydrogens is 516 g/mol. The molecule has 0 aromatic carbocycles. The van der Waals surface area contributed by atoms with Gasteiger partial charge in [0.25, 0.3) is 0 Å². The lowest BCUT2D eigenvalue weighted by molar-refractivity contribution is -0.0452. The zero-order chi connectivity index (χ0) is 29.1. The lowest BCUT2D eigenvalue weighted by Crippen LogP contribution is -2.63. The molecular formula is C24H40N4O9Si. The Hall–Kier alpha value is -3.26. The van der Waals surface area contributed by atoms with Crippen LogP contribution in [0, 0.1) is 5.92 Å². The number of amides is 1. The van der Waals surface area contributed by atoms with Crippen LogP contribution < -0.4 is 15.4 Å². The first kappa shape index (κ1) is 31.0. The van der Waals surface area contributed by atoms with E-state index in [4.69, 9.17) is 19.4 Å². The smallest absolute Gasteiger partial charge is 0.448 e. The second kappa shape index (κ2) is 11.6. The molecule has 1 saturated heterocycles. The van der Waals surface area contributed by atoms with Crippen LogP contribution in [-0.4, -0.2) is 72.8 Å². The second-order valence-corrected chi connectivity index (χ2v) is 16.6. The van der Waals surface area contributed by atoms with Crippen molar-refractivity contribution in [3.8, 4) is 0 Å². The van der Waals surface area contributed by atoms with Crippen LogP contribution in [0.25, 0.3) is 0 Å². The number of carbonyl (C=O) groups is 3. The summed E-state index contributed by atoms with van der Waals surface area (Å²) in [6.45, 7) is 18.7. The van der Waals surface area contributed by atoms with Crippen LogP contribution in [0.2, 0.25) is 18.1 Å². The van der Waals surface area contributed by atoms with Crippen LogP contribution in [0.4, 0.5) is 25.8 Å². The predicted molar refractivity (Wildman–Crippen MR) is 142 cm³/mol. The number of anilines is 2. The summed E-state index contributed by atoms with van der Waals surface area (Å²) in [7, 11) is -2.24. The molecule has 38 heavy (non-hydrogen) atoms. The van der Waals surface area contributed by atoms with E-state index >= 15 is 0 Å². The molecule has 214 valence electrons. The molecule has 0 bridgehead atoms. The normalized spacial score (nSPS) is 20.3. The molecule has 0 radical (unpaired) electrons. The van der Waals surface area contributed by atoms with Gasteiger partial charge in [-0.05, 0) is 50.2 Å². The van der Waals surface area contributed by atoms with E-state index in [0.29, 0.717) is 12.2 Å². The highest BCUT2D eigenvalue weighted by molar-refractivity contribution is 6.74. The van der Waals surface area contributed by atoms with E-state index in [1.807, 2.05) is 11.8 Å². The monoisotopic (exact) mass is 556 g/mol. The quantitative estimate of drug-likeness (QED) is 0.310. The Bertz CT molecular complexity index is 993. The molecule has 1 aliphatic heterocycles. The molecule has 3 N–H and O–H groups in total. The number of rotatable bonds is 7. The van der Waals surface area contributed by atoms with Crippen molar-refractivity contribution in [3.63, 3.8) is 0 Å². The van der Waals surface area contributed by atoms with Crippen LogP contribution in [-0.2, 0) is 18.8 Å². The summed E-state index contributed by atoms with van der Waals surface area (Å²) in [5.41, 5.74) is -0.374. The Morgan fingerprint density at radius 1 is 1.08 bits per heavy atom. The average molecular weight is 557 g/mol. The van der Waals surface area contributed by atoms with Crippen molar-refractivity contribution in [2.45, 2.75) is 84.3 Å². The van der Waals surface area contributed by atoms with Gasteiger partial charge in [-0.3, -0.25) is 14.7 Å². The van der Waals surface area contributed by atoms with Gasteiger partial charge in [-0.1, -0.05) is 27.7 Å². The van der Waals surface area contributed by atoms with E-state index in [1.165, 1.54) is 12.4 Å². The SMILES string of the molecule is C[C@H]1CN(c2ccncc2N(OC(=O)O)OC(=O)O)C[C@@H](NC(=O)OC(C)(C)C)[C@@H]1O[Si](C)(C)C(C)(C)C. The summed E-state index contributed by atoms with van der Waals surface area (Å²) < 4.78 is 12.3. The lowest BCUT2D eigenvalue weighted by Gasteiger charge is -2.48. The van der Waals surface area contributed by atoms with Crippen LogP contribution >= 0.6 is 0 Å². The van der Waals surface area contributed by atoms with Crippen molar-refractivity contribution >= 4 is 38.1 Å². The van der Waals surface area contributed by atoms with E-state index in [9.17, 15) is 14.4 Å². The number of carbonyl (C=O) groups excluding carboxylic acids is 1. The largest absolute Gasteiger partial charge is 0.533 e. The molecule has 0 unspecified atom stereocenters. The topological polar surface area (TPSA) is 160 Å². The summed E-state index contributed by atoms with van der Waals surface area (Å²) >= 11 is 0. The maximum absolute atomic E-state index is 12.8. The third-order valence-electron chi connectivity index (χ3n) is 6.46. The minimum Gasteiger partial charge on any atom is -0.448 e. The molecule has 0 spiro atoms. The zero-order valence-electron chi connectivity index (χ0n) is 23.5. The number of hydrogen-bond donors (Lipinski definition) is 3. The Morgan fingerprint density at radius 2 is 1.66 bits per heavy atom. The van der Waals surface area contributed by atoms with E-state index in [-0.39, 0.29) is 34.5 Å². The first-order valence-electron chi connectivity index (χ1n) is 12.3. The van der Waals surface area contributed by atoms with Crippen LogP contribution in [0.3, 0.4) is 0 Å². The molecule has 1 aromatic rings. The number of pyridine rings is 1. The standard InChI is InChI=1S/C24H40N4O9Si/c1-15-13-27(17-10-11-25-12-18(17)28(35-21(30)31)36-22(32)33)14-16(26-20(29)34-23(2,3)4)19(15)37-38(8,9)24(5,6)7/h10-12,15-16,19H,13-14H2,1-9H3,(H,26,29)(H,30,31)(H,32,33)/t15-,16+,19+/m0/s1. The van der Waals surface area contributed by atoms with Gasteiger partial charge in [-0.2, -0.15) is 0 Å². The molecule has 2 rings (SSSR count). The van der Waals surface area contributed by atoms with Crippen molar-refractivity contribution in [3.05, 3.63) is 18.5 Å². The maximum Gasteiger partial charge on any atom is 0.533 e. The van der Waals surface area contributed by atoms with Crippen LogP contribution in [0.15, 0.2) is 18.5 Å². The van der Waals surface area contributed by atoms with E-state index < -0.39 is 38.4 Å². The molecule has 13 nitrogen and oxygen atoms in total. The highest BCUT2D eigenvalue weighted by Crippen LogP contribution is 2.40. The fourth-order valence-electron chi connectivity index (χ4n) is 3.81. The number of hydrogen-bond acceptors (Lipinski definition) is 10. The minimum absolute atomic E-state index is 0.0516. The number of nitrogens with one attached hydrogen (secondary N) is 1. The van der Waals surface area contributed by atoms with Crippen molar-refractivity contribution < 1.29 is 43.4 Å². The Kier molecular flexibility index (Phi) is 9.48. The van der Waals surface area contributed by atoms with E-state index in [0.717, 1.165) is 0 Å². The third-order valence-corrected chi connectivity index (χ3v) is 10.9. The second-order valence-electron chi connectivity index (χ2n) is 11.8. The number of alkyl carbamates (subject to hydrolysis) is 1. The highest BCUT2D eigenvalue weighted by Gasteiger charge is 2.45. The fourth-order valence-corrected chi connectivity index (χ4v) is 5.24. The molecule has 1 aliphatic rings. The van der Waals surface area contributed by atoms with Gasteiger partial charge in [-0.15, -0.1) is 0 Å². The van der Waals surface area contributed by atoms with Gasteiger partial charge in [0.15, 0.2) is 14.0 Å². The van der Waals surface area contributed by atoms with Crippen molar-refractivity contribution in [1.29, 1.82) is 0 Å². The summed E-state index contributed by atoms with van der Waals surface area (Å²) in [5.74, 6) is -0.104. The number of piperidine rings is 1. The van der Waals surface area contributed by atoms with Crippen LogP contribution in [0.1, 0.15) is 48.5 Å². The summed E-state index contributed by atoms with van der Waals surface area (Å²) in [6.07, 6.45) is -1.80. The molecule has 1 amide bonds. The Labute approximate surface area is 224 Å². The molecule has 1 fully saturated rings. The minimum atomic E-state index is -2.24. The summed E-state index contributed by atoms with van der Waals surface area (Å²) in [6, 6.07) is 1.06. The molecule has 0 saturated carbocycles. The Morgan fingerprint density at radius 3 is 2.16 bits per heavy atom. The molecule has 1 aromatic heterocycles. The van der Waals surface area contributed by atoms with Gasteiger partial charge < -0.3 is 29.6 Å². The van der Waals surface area contributed by atoms with Crippen molar-refractivity contribution in [2.24, 2.45) is 5.92 Å². The lowest BCUT2D eigenvalue weighted by atomic mass is 9.92.